The lowest BCUT2D eigenvalue weighted by molar-refractivity contribution is 0.271. The number of rotatable bonds is 9. The summed E-state index contributed by atoms with van der Waals surface area (Å²) < 4.78 is 25.8. The Kier molecular flexibility index (Phi) is 7.94. The molecule has 0 amide bonds. The number of likely N-dealkylation sites (N-methyl/N-ethyl adjacent to an activating group) is 2. The summed E-state index contributed by atoms with van der Waals surface area (Å²) in [6.07, 6.45) is 1.41. The molecule has 0 radical (unpaired) electrons. The predicted octanol–water partition coefficient (Wildman–Crippen LogP) is 0.327. The van der Waals surface area contributed by atoms with Crippen LogP contribution in [0.15, 0.2) is 0 Å². The van der Waals surface area contributed by atoms with Crippen LogP contribution in [0.2, 0.25) is 0 Å². The van der Waals surface area contributed by atoms with Crippen molar-refractivity contribution in [2.24, 2.45) is 5.73 Å². The standard InChI is InChI=1S/C11H27N3O2S/c1-5-14(11(2)10-13(3)4)17(15,16)9-7-6-8-12/h11H,5-10,12H2,1-4H3. The zero-order chi connectivity index (χ0) is 13.5. The lowest BCUT2D eigenvalue weighted by atomic mass is 10.3. The van der Waals surface area contributed by atoms with E-state index in [0.29, 0.717) is 19.5 Å². The molecule has 2 N–H and O–H groups in total. The van der Waals surface area contributed by atoms with Crippen LogP contribution in [0.5, 0.6) is 0 Å². The summed E-state index contributed by atoms with van der Waals surface area (Å²) >= 11 is 0. The van der Waals surface area contributed by atoms with E-state index in [2.05, 4.69) is 0 Å². The van der Waals surface area contributed by atoms with Gasteiger partial charge in [0.2, 0.25) is 10.0 Å². The van der Waals surface area contributed by atoms with E-state index in [0.717, 1.165) is 13.0 Å². The average molecular weight is 265 g/mol. The number of nitrogens with two attached hydrogens (primary N) is 1. The smallest absolute Gasteiger partial charge is 0.214 e. The maximum absolute atomic E-state index is 12.1. The quantitative estimate of drug-likeness (QED) is 0.610. The second-order valence-electron chi connectivity index (χ2n) is 4.63. The molecule has 0 saturated heterocycles. The number of nitrogens with zero attached hydrogens (tertiary/aromatic N) is 2. The Bertz CT molecular complexity index is 291. The van der Waals surface area contributed by atoms with Crippen molar-refractivity contribution in [1.82, 2.24) is 9.21 Å². The fourth-order valence-corrected chi connectivity index (χ4v) is 3.76. The molecule has 0 rings (SSSR count). The van der Waals surface area contributed by atoms with Crippen molar-refractivity contribution in [3.05, 3.63) is 0 Å². The second-order valence-corrected chi connectivity index (χ2v) is 6.67. The lowest BCUT2D eigenvalue weighted by Gasteiger charge is -2.29. The summed E-state index contributed by atoms with van der Waals surface area (Å²) in [5, 5.41) is 0. The monoisotopic (exact) mass is 265 g/mol. The fourth-order valence-electron chi connectivity index (χ4n) is 1.95. The van der Waals surface area contributed by atoms with Gasteiger partial charge in [0.25, 0.3) is 0 Å². The van der Waals surface area contributed by atoms with Gasteiger partial charge in [0.05, 0.1) is 5.75 Å². The van der Waals surface area contributed by atoms with Gasteiger partial charge in [-0.1, -0.05) is 6.92 Å². The molecule has 104 valence electrons. The average Bonchev–Trinajstić information content (AvgIpc) is 2.16. The molecule has 0 aromatic carbocycles. The Morgan fingerprint density at radius 3 is 2.24 bits per heavy atom. The highest BCUT2D eigenvalue weighted by atomic mass is 32.2. The summed E-state index contributed by atoms with van der Waals surface area (Å²) in [6, 6.07) is 0.0119. The zero-order valence-electron chi connectivity index (χ0n) is 11.5. The molecule has 0 aliphatic rings. The molecule has 1 unspecified atom stereocenters. The molecule has 0 heterocycles. The van der Waals surface area contributed by atoms with Crippen LogP contribution < -0.4 is 5.73 Å². The van der Waals surface area contributed by atoms with Gasteiger partial charge in [0, 0.05) is 19.1 Å². The van der Waals surface area contributed by atoms with Crippen LogP contribution in [0.4, 0.5) is 0 Å². The maximum Gasteiger partial charge on any atom is 0.214 e. The van der Waals surface area contributed by atoms with Crippen molar-refractivity contribution >= 4 is 10.0 Å². The van der Waals surface area contributed by atoms with Gasteiger partial charge in [-0.05, 0) is 40.4 Å². The van der Waals surface area contributed by atoms with Crippen molar-refractivity contribution in [2.45, 2.75) is 32.7 Å². The highest BCUT2D eigenvalue weighted by Gasteiger charge is 2.25. The second kappa shape index (κ2) is 8.02. The molecule has 0 fully saturated rings. The van der Waals surface area contributed by atoms with E-state index in [4.69, 9.17) is 5.73 Å². The van der Waals surface area contributed by atoms with Crippen LogP contribution in [0.1, 0.15) is 26.7 Å². The molecule has 1 atom stereocenters. The Balaban J connectivity index is 4.51. The normalized spacial score (nSPS) is 14.5. The van der Waals surface area contributed by atoms with Gasteiger partial charge >= 0.3 is 0 Å². The van der Waals surface area contributed by atoms with E-state index in [1.165, 1.54) is 0 Å². The summed E-state index contributed by atoms with van der Waals surface area (Å²) in [6.45, 7) is 5.65. The molecule has 6 heteroatoms. The first-order chi connectivity index (χ1) is 7.85. The van der Waals surface area contributed by atoms with Crippen molar-refractivity contribution < 1.29 is 8.42 Å². The predicted molar refractivity (Wildman–Crippen MR) is 72.5 cm³/mol. The van der Waals surface area contributed by atoms with Crippen LogP contribution >= 0.6 is 0 Å². The molecule has 5 nitrogen and oxygen atoms in total. The van der Waals surface area contributed by atoms with Crippen molar-refractivity contribution in [3.63, 3.8) is 0 Å². The molecular formula is C11H27N3O2S. The van der Waals surface area contributed by atoms with Crippen LogP contribution in [0, 0.1) is 0 Å². The molecule has 0 saturated carbocycles. The minimum absolute atomic E-state index is 0.0119. The van der Waals surface area contributed by atoms with Crippen LogP contribution in [-0.2, 0) is 10.0 Å². The van der Waals surface area contributed by atoms with Crippen molar-refractivity contribution in [1.29, 1.82) is 0 Å². The lowest BCUT2D eigenvalue weighted by Crippen LogP contribution is -2.44. The minimum Gasteiger partial charge on any atom is -0.330 e. The van der Waals surface area contributed by atoms with Gasteiger partial charge in [-0.15, -0.1) is 0 Å². The first-order valence-electron chi connectivity index (χ1n) is 6.19. The molecule has 0 aliphatic heterocycles. The SMILES string of the molecule is CCN(C(C)CN(C)C)S(=O)(=O)CCCCN. The van der Waals surface area contributed by atoms with E-state index in [1.54, 1.807) is 4.31 Å². The third-order valence-corrected chi connectivity index (χ3v) is 4.78. The van der Waals surface area contributed by atoms with Gasteiger partial charge in [-0.2, -0.15) is 4.31 Å². The van der Waals surface area contributed by atoms with Crippen LogP contribution in [0.25, 0.3) is 0 Å². The number of hydrogen-bond acceptors (Lipinski definition) is 4. The Morgan fingerprint density at radius 2 is 1.82 bits per heavy atom. The van der Waals surface area contributed by atoms with Gasteiger partial charge < -0.3 is 10.6 Å². The topological polar surface area (TPSA) is 66.6 Å². The zero-order valence-corrected chi connectivity index (χ0v) is 12.3. The number of unbranched alkanes of at least 4 members (excludes halogenated alkanes) is 1. The van der Waals surface area contributed by atoms with Crippen molar-refractivity contribution in [3.8, 4) is 0 Å². The molecule has 0 aromatic heterocycles. The largest absolute Gasteiger partial charge is 0.330 e. The van der Waals surface area contributed by atoms with Gasteiger partial charge in [0.15, 0.2) is 0 Å². The summed E-state index contributed by atoms with van der Waals surface area (Å²) in [5.74, 6) is 0.204. The Morgan fingerprint density at radius 1 is 1.24 bits per heavy atom. The number of sulfonamides is 1. The fraction of sp³-hybridized carbons (Fsp3) is 1.00. The summed E-state index contributed by atoms with van der Waals surface area (Å²) in [7, 11) is 0.761. The third-order valence-electron chi connectivity index (χ3n) is 2.65. The first kappa shape index (κ1) is 16.8. The number of hydrogen-bond donors (Lipinski definition) is 1. The maximum atomic E-state index is 12.1. The molecule has 0 aliphatic carbocycles. The van der Waals surface area contributed by atoms with Crippen molar-refractivity contribution in [2.75, 3.05) is 39.5 Å². The molecule has 0 spiro atoms. The van der Waals surface area contributed by atoms with E-state index < -0.39 is 10.0 Å². The Labute approximate surface area is 106 Å². The van der Waals surface area contributed by atoms with E-state index >= 15 is 0 Å². The van der Waals surface area contributed by atoms with Gasteiger partial charge in [0.1, 0.15) is 0 Å². The highest BCUT2D eigenvalue weighted by molar-refractivity contribution is 7.89. The van der Waals surface area contributed by atoms with Gasteiger partial charge in [-0.25, -0.2) is 8.42 Å². The van der Waals surface area contributed by atoms with E-state index in [-0.39, 0.29) is 11.8 Å². The molecule has 17 heavy (non-hydrogen) atoms. The minimum atomic E-state index is -3.14. The van der Waals surface area contributed by atoms with Crippen LogP contribution in [0.3, 0.4) is 0 Å². The van der Waals surface area contributed by atoms with Gasteiger partial charge in [-0.3, -0.25) is 0 Å². The summed E-state index contributed by atoms with van der Waals surface area (Å²) in [5.41, 5.74) is 5.38. The molecule has 0 bridgehead atoms. The summed E-state index contributed by atoms with van der Waals surface area (Å²) in [4.78, 5) is 2.00. The molecular weight excluding hydrogens is 238 g/mol. The van der Waals surface area contributed by atoms with Crippen LogP contribution in [-0.4, -0.2) is 63.1 Å². The molecule has 0 aromatic rings. The highest BCUT2D eigenvalue weighted by Crippen LogP contribution is 2.10. The van der Waals surface area contributed by atoms with E-state index in [1.807, 2.05) is 32.8 Å². The van der Waals surface area contributed by atoms with E-state index in [9.17, 15) is 8.42 Å². The first-order valence-corrected chi connectivity index (χ1v) is 7.80. The third kappa shape index (κ3) is 6.35. The Hall–Kier alpha value is -0.170.